The first-order valence-electron chi connectivity index (χ1n) is 21.0. The maximum absolute atomic E-state index is 14.8. The number of allylic oxidation sites excluding steroid dienone is 2. The van der Waals surface area contributed by atoms with Gasteiger partial charge in [-0.1, -0.05) is 109 Å². The van der Waals surface area contributed by atoms with Gasteiger partial charge in [-0.15, -0.1) is 0 Å². The molecule has 2 heterocycles. The van der Waals surface area contributed by atoms with E-state index >= 15 is 0 Å². The minimum absolute atomic E-state index is 0.129. The average Bonchev–Trinajstić information content (AvgIpc) is 3.74. The second-order valence-corrected chi connectivity index (χ2v) is 16.5. The molecule has 10 heteroatoms. The molecule has 4 amide bonds. The number of hydrogen-bond acceptors (Lipinski definition) is 8. The molecule has 0 radical (unpaired) electrons. The summed E-state index contributed by atoms with van der Waals surface area (Å²) < 4.78 is 6.02. The van der Waals surface area contributed by atoms with E-state index in [-0.39, 0.29) is 42.7 Å². The van der Waals surface area contributed by atoms with Gasteiger partial charge in [0.15, 0.2) is 11.6 Å². The van der Waals surface area contributed by atoms with E-state index in [9.17, 15) is 33.9 Å². The second-order valence-electron chi connectivity index (χ2n) is 16.5. The summed E-state index contributed by atoms with van der Waals surface area (Å²) in [6.07, 6.45) is 2.28. The van der Waals surface area contributed by atoms with Crippen molar-refractivity contribution in [3.05, 3.63) is 203 Å². The Kier molecular flexibility index (Phi) is 9.98. The minimum Gasteiger partial charge on any atom is -0.508 e. The molecule has 2 saturated heterocycles. The number of ketones is 2. The fraction of sp³-hybridized carbons (Fsp3) is 0.170. The molecule has 3 fully saturated rings. The van der Waals surface area contributed by atoms with E-state index in [1.807, 2.05) is 48.5 Å². The molecule has 0 aromatic heterocycles. The van der Waals surface area contributed by atoms with Crippen LogP contribution in [0.4, 0.5) is 11.4 Å². The Labute approximate surface area is 363 Å². The Morgan fingerprint density at radius 3 is 1.57 bits per heavy atom. The molecule has 6 aromatic carbocycles. The van der Waals surface area contributed by atoms with E-state index < -0.39 is 53.2 Å². The smallest absolute Gasteiger partial charge is 0.238 e. The summed E-state index contributed by atoms with van der Waals surface area (Å²) in [5.41, 5.74) is 4.55. The lowest BCUT2D eigenvalue weighted by molar-refractivity contribution is -0.126. The number of carbonyl (C=O) groups excluding carboxylic acids is 6. The van der Waals surface area contributed by atoms with Crippen molar-refractivity contribution in [2.24, 2.45) is 29.6 Å². The van der Waals surface area contributed by atoms with Crippen LogP contribution >= 0.6 is 0 Å². The van der Waals surface area contributed by atoms with Crippen LogP contribution in [0.1, 0.15) is 61.7 Å². The molecule has 2 aliphatic carbocycles. The number of nitrogens with zero attached hydrogens (tertiary/aromatic N) is 2. The maximum Gasteiger partial charge on any atom is 0.238 e. The number of rotatable bonds is 10. The van der Waals surface area contributed by atoms with Crippen LogP contribution in [0, 0.1) is 29.6 Å². The average molecular weight is 833 g/mol. The number of anilines is 2. The largest absolute Gasteiger partial charge is 0.508 e. The van der Waals surface area contributed by atoms with Gasteiger partial charge in [-0.05, 0) is 78.9 Å². The fourth-order valence-electron chi connectivity index (χ4n) is 10.1. The number of imide groups is 2. The van der Waals surface area contributed by atoms with Gasteiger partial charge in [-0.2, -0.15) is 0 Å². The monoisotopic (exact) mass is 832 g/mol. The minimum atomic E-state index is -0.929. The highest BCUT2D eigenvalue weighted by atomic mass is 16.5. The van der Waals surface area contributed by atoms with E-state index in [1.165, 1.54) is 11.0 Å². The van der Waals surface area contributed by atoms with Crippen molar-refractivity contribution in [1.82, 2.24) is 0 Å². The Bertz CT molecular complexity index is 2840. The van der Waals surface area contributed by atoms with Crippen molar-refractivity contribution in [3.8, 4) is 11.5 Å². The third-order valence-electron chi connectivity index (χ3n) is 13.1. The van der Waals surface area contributed by atoms with Crippen molar-refractivity contribution in [1.29, 1.82) is 0 Å². The highest BCUT2D eigenvalue weighted by Crippen LogP contribution is 2.59. The van der Waals surface area contributed by atoms with Gasteiger partial charge in [0.05, 0.1) is 35.0 Å². The van der Waals surface area contributed by atoms with E-state index in [4.69, 9.17) is 4.74 Å². The molecular weight excluding hydrogens is 793 g/mol. The lowest BCUT2D eigenvalue weighted by Gasteiger charge is -2.44. The van der Waals surface area contributed by atoms with Gasteiger partial charge in [-0.3, -0.25) is 38.6 Å². The normalized spacial score (nSPS) is 22.6. The molecule has 10 nitrogen and oxygen atoms in total. The molecule has 0 unspecified atom stereocenters. The number of carbonyl (C=O) groups is 6. The SMILES string of the molecule is O=C(c1ccccc1)c1ccc(N2C(=O)[C@H]3[C@H](CC=C4[C@H]3C[C@H]3C(=O)N(c5ccc(C(=O)c6ccccc6)cc5)C(=O)[C@H]3[C@H]4c3ccc(OCc4ccccc4)cc3O)C2=O)cc1. The van der Waals surface area contributed by atoms with Gasteiger partial charge in [0, 0.05) is 39.8 Å². The van der Waals surface area contributed by atoms with E-state index in [0.717, 1.165) is 16.0 Å². The summed E-state index contributed by atoms with van der Waals surface area (Å²) in [5.74, 6) is -6.57. The van der Waals surface area contributed by atoms with Crippen molar-refractivity contribution in [2.75, 3.05) is 9.80 Å². The molecule has 6 atom stereocenters. The first-order valence-corrected chi connectivity index (χ1v) is 21.0. The van der Waals surface area contributed by atoms with Gasteiger partial charge in [-0.25, -0.2) is 0 Å². The van der Waals surface area contributed by atoms with Crippen LogP contribution in [0.25, 0.3) is 0 Å². The number of fused-ring (bicyclic) bond motifs is 4. The Balaban J connectivity index is 0.985. The molecule has 0 spiro atoms. The van der Waals surface area contributed by atoms with Crippen molar-refractivity contribution >= 4 is 46.6 Å². The quantitative estimate of drug-likeness (QED) is 0.0825. The highest BCUT2D eigenvalue weighted by molar-refractivity contribution is 6.24. The van der Waals surface area contributed by atoms with Crippen LogP contribution in [0.15, 0.2) is 169 Å². The molecule has 6 aromatic rings. The summed E-state index contributed by atoms with van der Waals surface area (Å²) in [6.45, 7) is 0.264. The predicted molar refractivity (Wildman–Crippen MR) is 234 cm³/mol. The van der Waals surface area contributed by atoms with Gasteiger partial charge in [0.2, 0.25) is 23.6 Å². The summed E-state index contributed by atoms with van der Waals surface area (Å²) in [7, 11) is 0. The lowest BCUT2D eigenvalue weighted by atomic mass is 9.57. The van der Waals surface area contributed by atoms with Crippen LogP contribution in [-0.2, 0) is 25.8 Å². The molecule has 0 bridgehead atoms. The van der Waals surface area contributed by atoms with Crippen LogP contribution in [0.2, 0.25) is 0 Å². The molecule has 63 heavy (non-hydrogen) atoms. The molecule has 310 valence electrons. The topological polar surface area (TPSA) is 138 Å². The number of phenols is 1. The maximum atomic E-state index is 14.8. The van der Waals surface area contributed by atoms with Crippen LogP contribution in [0.3, 0.4) is 0 Å². The zero-order chi connectivity index (χ0) is 43.4. The molecule has 10 rings (SSSR count). The van der Waals surface area contributed by atoms with Gasteiger partial charge in [0.25, 0.3) is 0 Å². The third kappa shape index (κ3) is 6.84. The van der Waals surface area contributed by atoms with Crippen molar-refractivity contribution in [3.63, 3.8) is 0 Å². The standard InChI is InChI=1S/C53H40N2O8/c56-44-28-38(63-30-31-10-4-1-5-11-31)24-25-40(44)45-39-26-27-41-46(52(61)54(50(41)59)36-20-16-34(17-21-36)48(57)32-12-6-2-7-13-32)42(39)29-43-47(45)53(62)55(51(43)60)37-22-18-35(19-23-37)49(58)33-14-8-3-9-15-33/h1-26,28,41-43,45-47,56H,27,29-30H2/t41-,42+,43+,45+,46-,47+/m0/s1. The number of aromatic hydroxyl groups is 1. The number of amides is 4. The zero-order valence-electron chi connectivity index (χ0n) is 33.9. The van der Waals surface area contributed by atoms with Crippen molar-refractivity contribution in [2.45, 2.75) is 25.4 Å². The molecule has 1 saturated carbocycles. The van der Waals surface area contributed by atoms with Crippen LogP contribution < -0.4 is 14.5 Å². The lowest BCUT2D eigenvalue weighted by Crippen LogP contribution is -2.43. The van der Waals surface area contributed by atoms with E-state index in [0.29, 0.717) is 44.9 Å². The number of hydrogen-bond donors (Lipinski definition) is 1. The molecule has 2 aliphatic heterocycles. The van der Waals surface area contributed by atoms with E-state index in [2.05, 4.69) is 0 Å². The summed E-state index contributed by atoms with van der Waals surface area (Å²) >= 11 is 0. The zero-order valence-corrected chi connectivity index (χ0v) is 33.9. The Morgan fingerprint density at radius 2 is 1.03 bits per heavy atom. The van der Waals surface area contributed by atoms with Gasteiger partial charge >= 0.3 is 0 Å². The number of ether oxygens (including phenoxy) is 1. The third-order valence-corrected chi connectivity index (χ3v) is 13.1. The predicted octanol–water partition coefficient (Wildman–Crippen LogP) is 8.48. The Hall–Kier alpha value is -7.72. The van der Waals surface area contributed by atoms with Gasteiger partial charge in [0.1, 0.15) is 18.1 Å². The van der Waals surface area contributed by atoms with Crippen molar-refractivity contribution < 1.29 is 38.6 Å². The first kappa shape index (κ1) is 39.4. The molecule has 4 aliphatic rings. The second kappa shape index (κ2) is 16.0. The number of benzene rings is 6. The number of phenolic OH excluding ortho intramolecular Hbond substituents is 1. The molecular formula is C53H40N2O8. The summed E-state index contributed by atoms with van der Waals surface area (Å²) in [6, 6.07) is 45.0. The highest BCUT2D eigenvalue weighted by Gasteiger charge is 2.62. The fourth-order valence-corrected chi connectivity index (χ4v) is 10.1. The van der Waals surface area contributed by atoms with Gasteiger partial charge < -0.3 is 9.84 Å². The summed E-state index contributed by atoms with van der Waals surface area (Å²) in [4.78, 5) is 87.0. The first-order chi connectivity index (χ1) is 30.7. The van der Waals surface area contributed by atoms with Crippen LogP contribution in [-0.4, -0.2) is 40.3 Å². The Morgan fingerprint density at radius 1 is 0.540 bits per heavy atom. The molecule has 1 N–H and O–H groups in total. The summed E-state index contributed by atoms with van der Waals surface area (Å²) in [5, 5.41) is 11.8. The van der Waals surface area contributed by atoms with Crippen LogP contribution in [0.5, 0.6) is 11.5 Å². The van der Waals surface area contributed by atoms with E-state index in [1.54, 1.807) is 109 Å².